The summed E-state index contributed by atoms with van der Waals surface area (Å²) in [5.41, 5.74) is 3.41. The Labute approximate surface area is 138 Å². The molecule has 2 aromatic carbocycles. The molecule has 0 unspecified atom stereocenters. The van der Waals surface area contributed by atoms with Crippen molar-refractivity contribution >= 4 is 11.6 Å². The first-order chi connectivity index (χ1) is 11.2. The number of ether oxygens (including phenoxy) is 1. The molecule has 0 atom stereocenters. The van der Waals surface area contributed by atoms with E-state index in [-0.39, 0.29) is 5.91 Å². The van der Waals surface area contributed by atoms with Crippen molar-refractivity contribution in [1.29, 1.82) is 0 Å². The lowest BCUT2D eigenvalue weighted by atomic mass is 10.2. The van der Waals surface area contributed by atoms with Gasteiger partial charge >= 0.3 is 0 Å². The Hall–Kier alpha value is -2.13. The molecule has 2 rings (SSSR count). The summed E-state index contributed by atoms with van der Waals surface area (Å²) in [6.45, 7) is 3.37. The Balaban J connectivity index is 1.62. The second-order valence-electron chi connectivity index (χ2n) is 5.74. The fraction of sp³-hybridized carbons (Fsp3) is 0.350. The topological polar surface area (TPSA) is 29.5 Å². The Morgan fingerprint density at radius 2 is 1.70 bits per heavy atom. The first-order valence-corrected chi connectivity index (χ1v) is 8.12. The van der Waals surface area contributed by atoms with E-state index in [4.69, 9.17) is 4.74 Å². The number of carbonyl (C=O) groups is 1. The van der Waals surface area contributed by atoms with Crippen LogP contribution in [-0.2, 0) is 16.0 Å². The number of hydrogen-bond donors (Lipinski definition) is 0. The average molecular weight is 311 g/mol. The Morgan fingerprint density at radius 1 is 1.00 bits per heavy atom. The number of amides is 1. The van der Waals surface area contributed by atoms with Crippen molar-refractivity contribution in [2.75, 3.05) is 25.2 Å². The van der Waals surface area contributed by atoms with Gasteiger partial charge in [0.2, 0.25) is 5.91 Å². The van der Waals surface area contributed by atoms with E-state index in [0.29, 0.717) is 19.6 Å². The summed E-state index contributed by atoms with van der Waals surface area (Å²) in [6, 6.07) is 18.3. The molecule has 0 saturated heterocycles. The number of nitrogens with zero attached hydrogens (tertiary/aromatic N) is 1. The van der Waals surface area contributed by atoms with Crippen LogP contribution in [0.25, 0.3) is 0 Å². The van der Waals surface area contributed by atoms with E-state index in [1.807, 2.05) is 56.4 Å². The highest BCUT2D eigenvalue weighted by molar-refractivity contribution is 5.92. The van der Waals surface area contributed by atoms with Gasteiger partial charge in [0.1, 0.15) is 0 Å². The third-order valence-corrected chi connectivity index (χ3v) is 3.85. The van der Waals surface area contributed by atoms with Crippen molar-refractivity contribution < 1.29 is 9.53 Å². The van der Waals surface area contributed by atoms with Crippen molar-refractivity contribution in [3.05, 3.63) is 65.7 Å². The van der Waals surface area contributed by atoms with Crippen LogP contribution in [0.3, 0.4) is 0 Å². The van der Waals surface area contributed by atoms with Crippen LogP contribution in [0.15, 0.2) is 54.6 Å². The lowest BCUT2D eigenvalue weighted by molar-refractivity contribution is -0.118. The third kappa shape index (κ3) is 5.87. The fourth-order valence-corrected chi connectivity index (χ4v) is 2.34. The Kier molecular flexibility index (Phi) is 6.82. The molecule has 0 bridgehead atoms. The summed E-state index contributed by atoms with van der Waals surface area (Å²) in [4.78, 5) is 13.9. The van der Waals surface area contributed by atoms with E-state index in [1.165, 1.54) is 11.1 Å². The highest BCUT2D eigenvalue weighted by Gasteiger charge is 2.10. The van der Waals surface area contributed by atoms with Gasteiger partial charge in [0.25, 0.3) is 0 Å². The minimum Gasteiger partial charge on any atom is -0.381 e. The van der Waals surface area contributed by atoms with Crippen LogP contribution in [0.2, 0.25) is 0 Å². The van der Waals surface area contributed by atoms with Gasteiger partial charge in [-0.25, -0.2) is 0 Å². The smallest absolute Gasteiger partial charge is 0.226 e. The number of carbonyl (C=O) groups excluding carboxylic acids is 1. The minimum atomic E-state index is 0.125. The van der Waals surface area contributed by atoms with Gasteiger partial charge in [-0.05, 0) is 37.5 Å². The lowest BCUT2D eigenvalue weighted by Crippen LogP contribution is -2.26. The average Bonchev–Trinajstić information content (AvgIpc) is 2.58. The predicted molar refractivity (Wildman–Crippen MR) is 94.8 cm³/mol. The summed E-state index contributed by atoms with van der Waals surface area (Å²) in [7, 11) is 1.82. The number of rotatable bonds is 8. The van der Waals surface area contributed by atoms with Crippen molar-refractivity contribution in [2.45, 2.75) is 26.2 Å². The van der Waals surface area contributed by atoms with Gasteiger partial charge in [-0.3, -0.25) is 4.79 Å². The molecule has 0 heterocycles. The molecule has 3 nitrogen and oxygen atoms in total. The molecule has 0 aliphatic rings. The van der Waals surface area contributed by atoms with E-state index in [0.717, 1.165) is 18.5 Å². The van der Waals surface area contributed by atoms with Gasteiger partial charge < -0.3 is 9.64 Å². The summed E-state index contributed by atoms with van der Waals surface area (Å²) in [5, 5.41) is 0. The summed E-state index contributed by atoms with van der Waals surface area (Å²) in [5.74, 6) is 0.125. The minimum absolute atomic E-state index is 0.125. The molecule has 0 saturated carbocycles. The van der Waals surface area contributed by atoms with Crippen LogP contribution in [0.1, 0.15) is 24.0 Å². The summed E-state index contributed by atoms with van der Waals surface area (Å²) in [6.07, 6.45) is 2.18. The molecule has 0 aromatic heterocycles. The quantitative estimate of drug-likeness (QED) is 0.690. The molecule has 0 spiro atoms. The molecule has 1 amide bonds. The number of hydrogen-bond acceptors (Lipinski definition) is 2. The monoisotopic (exact) mass is 311 g/mol. The molecule has 0 aliphatic carbocycles. The Bertz CT molecular complexity index is 593. The summed E-state index contributed by atoms with van der Waals surface area (Å²) < 4.78 is 5.62. The van der Waals surface area contributed by atoms with E-state index in [1.54, 1.807) is 4.90 Å². The van der Waals surface area contributed by atoms with E-state index < -0.39 is 0 Å². The van der Waals surface area contributed by atoms with E-state index in [9.17, 15) is 4.79 Å². The van der Waals surface area contributed by atoms with Gasteiger partial charge in [0, 0.05) is 25.8 Å². The maximum absolute atomic E-state index is 12.2. The van der Waals surface area contributed by atoms with E-state index in [2.05, 4.69) is 12.1 Å². The van der Waals surface area contributed by atoms with Crippen molar-refractivity contribution in [3.8, 4) is 0 Å². The standard InChI is InChI=1S/C20H25NO2/c1-17-10-12-19(13-11-17)21(2)20(22)9-6-15-23-16-14-18-7-4-3-5-8-18/h3-5,7-8,10-13H,6,9,14-16H2,1-2H3. The third-order valence-electron chi connectivity index (χ3n) is 3.85. The largest absolute Gasteiger partial charge is 0.381 e. The molecule has 0 aliphatic heterocycles. The maximum Gasteiger partial charge on any atom is 0.226 e. The zero-order valence-corrected chi connectivity index (χ0v) is 14.0. The van der Waals surface area contributed by atoms with Crippen LogP contribution in [-0.4, -0.2) is 26.2 Å². The summed E-state index contributed by atoms with van der Waals surface area (Å²) >= 11 is 0. The van der Waals surface area contributed by atoms with Gasteiger partial charge in [0.15, 0.2) is 0 Å². The Morgan fingerprint density at radius 3 is 2.39 bits per heavy atom. The second-order valence-corrected chi connectivity index (χ2v) is 5.74. The van der Waals surface area contributed by atoms with Crippen molar-refractivity contribution in [3.63, 3.8) is 0 Å². The first kappa shape index (κ1) is 17.2. The molecular formula is C20H25NO2. The predicted octanol–water partition coefficient (Wildman–Crippen LogP) is 4.00. The van der Waals surface area contributed by atoms with Gasteiger partial charge in [-0.2, -0.15) is 0 Å². The number of aryl methyl sites for hydroxylation is 1. The van der Waals surface area contributed by atoms with Crippen LogP contribution in [0, 0.1) is 6.92 Å². The molecule has 122 valence electrons. The maximum atomic E-state index is 12.2. The van der Waals surface area contributed by atoms with Crippen molar-refractivity contribution in [2.24, 2.45) is 0 Å². The highest BCUT2D eigenvalue weighted by atomic mass is 16.5. The van der Waals surface area contributed by atoms with E-state index >= 15 is 0 Å². The highest BCUT2D eigenvalue weighted by Crippen LogP contribution is 2.14. The van der Waals surface area contributed by atoms with Crippen LogP contribution in [0.4, 0.5) is 5.69 Å². The molecule has 0 N–H and O–H groups in total. The first-order valence-electron chi connectivity index (χ1n) is 8.12. The van der Waals surface area contributed by atoms with Gasteiger partial charge in [-0.15, -0.1) is 0 Å². The van der Waals surface area contributed by atoms with Crippen LogP contribution >= 0.6 is 0 Å². The molecular weight excluding hydrogens is 286 g/mol. The molecule has 0 radical (unpaired) electrons. The molecule has 2 aromatic rings. The molecule has 23 heavy (non-hydrogen) atoms. The normalized spacial score (nSPS) is 10.5. The van der Waals surface area contributed by atoms with Gasteiger partial charge in [0.05, 0.1) is 6.61 Å². The fourth-order valence-electron chi connectivity index (χ4n) is 2.34. The lowest BCUT2D eigenvalue weighted by Gasteiger charge is -2.17. The number of anilines is 1. The van der Waals surface area contributed by atoms with Crippen LogP contribution < -0.4 is 4.90 Å². The van der Waals surface area contributed by atoms with Crippen molar-refractivity contribution in [1.82, 2.24) is 0 Å². The SMILES string of the molecule is Cc1ccc(N(C)C(=O)CCCOCCc2ccccc2)cc1. The molecule has 3 heteroatoms. The van der Waals surface area contributed by atoms with Crippen LogP contribution in [0.5, 0.6) is 0 Å². The second kappa shape index (κ2) is 9.11. The zero-order valence-electron chi connectivity index (χ0n) is 14.0. The molecule has 0 fully saturated rings. The zero-order chi connectivity index (χ0) is 16.5. The van der Waals surface area contributed by atoms with Gasteiger partial charge in [-0.1, -0.05) is 48.0 Å². The number of benzene rings is 2.